The number of aromatic nitrogens is 2. The van der Waals surface area contributed by atoms with Gasteiger partial charge in [0.05, 0.1) is 22.5 Å². The van der Waals surface area contributed by atoms with Crippen LogP contribution in [-0.2, 0) is 16.1 Å². The van der Waals surface area contributed by atoms with E-state index in [0.29, 0.717) is 29.2 Å². The molecule has 8 nitrogen and oxygen atoms in total. The number of piperidine rings is 1. The van der Waals surface area contributed by atoms with Gasteiger partial charge in [0, 0.05) is 37.3 Å². The highest BCUT2D eigenvalue weighted by atomic mass is 35.5. The third-order valence-corrected chi connectivity index (χ3v) is 5.52. The van der Waals surface area contributed by atoms with Crippen molar-refractivity contribution in [3.63, 3.8) is 0 Å². The predicted molar refractivity (Wildman–Crippen MR) is 115 cm³/mol. The van der Waals surface area contributed by atoms with Gasteiger partial charge in [-0.15, -0.1) is 0 Å². The molecular formula is C21H25ClN6O2. The lowest BCUT2D eigenvalue weighted by Gasteiger charge is -2.31. The smallest absolute Gasteiger partial charge is 0.227 e. The molecule has 1 fully saturated rings. The van der Waals surface area contributed by atoms with Gasteiger partial charge in [-0.1, -0.05) is 11.6 Å². The summed E-state index contributed by atoms with van der Waals surface area (Å²) in [5, 5.41) is 19.1. The molecule has 9 heteroatoms. The average Bonchev–Trinajstić information content (AvgIpc) is 3.20. The minimum Gasteiger partial charge on any atom is -0.326 e. The number of rotatable bonds is 7. The molecule has 30 heavy (non-hydrogen) atoms. The monoisotopic (exact) mass is 428 g/mol. The Morgan fingerprint density at radius 1 is 1.27 bits per heavy atom. The maximum atomic E-state index is 12.5. The SMILES string of the molecule is CCn1cc(NC(=O)C2CCN(CCC(=O)Nc3ccc(C#N)c(Cl)c3)CC2)cn1. The van der Waals surface area contributed by atoms with Crippen molar-refractivity contribution < 1.29 is 9.59 Å². The molecule has 1 aromatic heterocycles. The maximum absolute atomic E-state index is 12.5. The first kappa shape index (κ1) is 21.8. The van der Waals surface area contributed by atoms with Crippen LogP contribution in [0.15, 0.2) is 30.6 Å². The van der Waals surface area contributed by atoms with Crippen LogP contribution < -0.4 is 10.6 Å². The number of nitriles is 1. The highest BCUT2D eigenvalue weighted by Gasteiger charge is 2.25. The number of amides is 2. The number of carbonyl (C=O) groups excluding carboxylic acids is 2. The Hall–Kier alpha value is -2.89. The van der Waals surface area contributed by atoms with Gasteiger partial charge in [-0.05, 0) is 51.1 Å². The molecule has 0 unspecified atom stereocenters. The van der Waals surface area contributed by atoms with Gasteiger partial charge < -0.3 is 15.5 Å². The van der Waals surface area contributed by atoms with Gasteiger partial charge in [0.1, 0.15) is 6.07 Å². The van der Waals surface area contributed by atoms with Crippen molar-refractivity contribution in [2.24, 2.45) is 5.92 Å². The summed E-state index contributed by atoms with van der Waals surface area (Å²) >= 11 is 5.99. The molecule has 0 radical (unpaired) electrons. The van der Waals surface area contributed by atoms with Crippen molar-refractivity contribution in [2.75, 3.05) is 30.3 Å². The molecule has 2 aromatic rings. The molecule has 0 spiro atoms. The van der Waals surface area contributed by atoms with Crippen LogP contribution in [0.25, 0.3) is 0 Å². The summed E-state index contributed by atoms with van der Waals surface area (Å²) in [7, 11) is 0. The van der Waals surface area contributed by atoms with E-state index in [4.69, 9.17) is 16.9 Å². The number of hydrogen-bond donors (Lipinski definition) is 2. The molecule has 1 aromatic carbocycles. The van der Waals surface area contributed by atoms with Crippen LogP contribution in [0.4, 0.5) is 11.4 Å². The zero-order valence-corrected chi connectivity index (χ0v) is 17.7. The zero-order chi connectivity index (χ0) is 21.5. The predicted octanol–water partition coefficient (Wildman–Crippen LogP) is 3.11. The molecule has 2 amide bonds. The molecule has 0 saturated carbocycles. The fourth-order valence-electron chi connectivity index (χ4n) is 3.43. The summed E-state index contributed by atoms with van der Waals surface area (Å²) < 4.78 is 1.77. The molecule has 0 aliphatic carbocycles. The van der Waals surface area contributed by atoms with Crippen molar-refractivity contribution in [3.8, 4) is 6.07 Å². The van der Waals surface area contributed by atoms with Crippen LogP contribution in [0.3, 0.4) is 0 Å². The molecule has 2 heterocycles. The van der Waals surface area contributed by atoms with Gasteiger partial charge in [-0.2, -0.15) is 10.4 Å². The lowest BCUT2D eigenvalue weighted by molar-refractivity contribution is -0.121. The standard InChI is InChI=1S/C21H25ClN6O2/c1-2-28-14-18(13-24-28)26-21(30)15-5-8-27(9-6-15)10-7-20(29)25-17-4-3-16(12-23)19(22)11-17/h3-4,11,13-15H,2,5-10H2,1H3,(H,25,29)(H,26,30). The molecule has 3 rings (SSSR count). The van der Waals surface area contributed by atoms with Crippen LogP contribution in [0.1, 0.15) is 31.7 Å². The number of halogens is 1. The highest BCUT2D eigenvalue weighted by molar-refractivity contribution is 6.32. The van der Waals surface area contributed by atoms with Crippen molar-refractivity contribution in [1.82, 2.24) is 14.7 Å². The Labute approximate surface area is 180 Å². The average molecular weight is 429 g/mol. The molecule has 0 bridgehead atoms. The number of benzene rings is 1. The van der Waals surface area contributed by atoms with Gasteiger partial charge in [-0.25, -0.2) is 0 Å². The van der Waals surface area contributed by atoms with E-state index in [-0.39, 0.29) is 17.7 Å². The van der Waals surface area contributed by atoms with Crippen LogP contribution in [0.5, 0.6) is 0 Å². The second kappa shape index (κ2) is 10.2. The lowest BCUT2D eigenvalue weighted by atomic mass is 9.95. The van der Waals surface area contributed by atoms with Gasteiger partial charge in [-0.3, -0.25) is 14.3 Å². The zero-order valence-electron chi connectivity index (χ0n) is 16.9. The first-order valence-electron chi connectivity index (χ1n) is 10.0. The topological polar surface area (TPSA) is 103 Å². The van der Waals surface area contributed by atoms with Gasteiger partial charge >= 0.3 is 0 Å². The van der Waals surface area contributed by atoms with E-state index in [1.165, 1.54) is 0 Å². The minimum absolute atomic E-state index is 0.0270. The largest absolute Gasteiger partial charge is 0.326 e. The quantitative estimate of drug-likeness (QED) is 0.705. The Morgan fingerprint density at radius 2 is 2.03 bits per heavy atom. The van der Waals surface area contributed by atoms with Gasteiger partial charge in [0.25, 0.3) is 0 Å². The molecule has 1 aliphatic heterocycles. The van der Waals surface area contributed by atoms with E-state index < -0.39 is 0 Å². The summed E-state index contributed by atoms with van der Waals surface area (Å²) in [6.45, 7) is 4.95. The number of hydrogen-bond acceptors (Lipinski definition) is 5. The highest BCUT2D eigenvalue weighted by Crippen LogP contribution is 2.21. The molecule has 1 aliphatic rings. The molecule has 1 saturated heterocycles. The van der Waals surface area contributed by atoms with Crippen molar-refractivity contribution >= 4 is 34.8 Å². The fraction of sp³-hybridized carbons (Fsp3) is 0.429. The molecule has 158 valence electrons. The second-order valence-electron chi connectivity index (χ2n) is 7.29. The summed E-state index contributed by atoms with van der Waals surface area (Å²) in [4.78, 5) is 26.9. The van der Waals surface area contributed by atoms with Gasteiger partial charge in [0.2, 0.25) is 11.8 Å². The van der Waals surface area contributed by atoms with Crippen molar-refractivity contribution in [3.05, 3.63) is 41.2 Å². The Bertz CT molecular complexity index is 943. The summed E-state index contributed by atoms with van der Waals surface area (Å²) in [6.07, 6.45) is 5.37. The third-order valence-electron chi connectivity index (χ3n) is 5.21. The minimum atomic E-state index is -0.108. The van der Waals surface area contributed by atoms with Crippen LogP contribution in [0, 0.1) is 17.2 Å². The Morgan fingerprint density at radius 3 is 2.67 bits per heavy atom. The summed E-state index contributed by atoms with van der Waals surface area (Å²) in [6, 6.07) is 6.81. The molecular weight excluding hydrogens is 404 g/mol. The van der Waals surface area contributed by atoms with E-state index in [9.17, 15) is 9.59 Å². The van der Waals surface area contributed by atoms with E-state index >= 15 is 0 Å². The fourth-order valence-corrected chi connectivity index (χ4v) is 3.65. The molecule has 0 atom stereocenters. The summed E-state index contributed by atoms with van der Waals surface area (Å²) in [5.41, 5.74) is 1.68. The van der Waals surface area contributed by atoms with Crippen molar-refractivity contribution in [2.45, 2.75) is 32.7 Å². The normalized spacial score (nSPS) is 14.8. The molecule has 2 N–H and O–H groups in total. The van der Waals surface area contributed by atoms with Crippen LogP contribution in [-0.4, -0.2) is 46.1 Å². The van der Waals surface area contributed by atoms with E-state index in [0.717, 1.165) is 38.2 Å². The first-order valence-corrected chi connectivity index (χ1v) is 10.4. The number of nitrogens with one attached hydrogen (secondary N) is 2. The van der Waals surface area contributed by atoms with Crippen LogP contribution >= 0.6 is 11.6 Å². The van der Waals surface area contributed by atoms with E-state index in [2.05, 4.69) is 20.6 Å². The lowest BCUT2D eigenvalue weighted by Crippen LogP contribution is -2.39. The first-order chi connectivity index (χ1) is 14.5. The second-order valence-corrected chi connectivity index (χ2v) is 7.70. The number of likely N-dealkylation sites (tertiary alicyclic amines) is 1. The number of nitrogens with zero attached hydrogens (tertiary/aromatic N) is 4. The Kier molecular flexibility index (Phi) is 7.44. The Balaban J connectivity index is 1.39. The number of aryl methyl sites for hydroxylation is 1. The van der Waals surface area contributed by atoms with E-state index in [1.807, 2.05) is 19.2 Å². The van der Waals surface area contributed by atoms with Crippen LogP contribution in [0.2, 0.25) is 5.02 Å². The number of anilines is 2. The van der Waals surface area contributed by atoms with Crippen molar-refractivity contribution in [1.29, 1.82) is 5.26 Å². The maximum Gasteiger partial charge on any atom is 0.227 e. The van der Waals surface area contributed by atoms with Gasteiger partial charge in [0.15, 0.2) is 0 Å². The van der Waals surface area contributed by atoms with E-state index in [1.54, 1.807) is 29.1 Å². The third kappa shape index (κ3) is 5.81. The number of carbonyl (C=O) groups is 2. The summed E-state index contributed by atoms with van der Waals surface area (Å²) in [5.74, 6) is -0.106.